The lowest BCUT2D eigenvalue weighted by Gasteiger charge is -2.15. The normalized spacial score (nSPS) is 12.2. The minimum atomic E-state index is -0.563. The molecule has 0 bridgehead atoms. The van der Waals surface area contributed by atoms with Gasteiger partial charge >= 0.3 is 0 Å². The van der Waals surface area contributed by atoms with Crippen LogP contribution in [0.3, 0.4) is 0 Å². The molecule has 0 fully saturated rings. The average molecular weight is 280 g/mol. The Morgan fingerprint density at radius 3 is 2.79 bits per heavy atom. The van der Waals surface area contributed by atoms with Crippen molar-refractivity contribution in [2.24, 2.45) is 0 Å². The van der Waals surface area contributed by atoms with Crippen molar-refractivity contribution in [2.45, 2.75) is 26.2 Å². The van der Waals surface area contributed by atoms with Crippen molar-refractivity contribution in [3.8, 4) is 11.6 Å². The second-order valence-electron chi connectivity index (χ2n) is 4.39. The fourth-order valence-electron chi connectivity index (χ4n) is 1.78. The molecule has 0 amide bonds. The number of para-hydroxylation sites is 1. The van der Waals surface area contributed by atoms with Crippen LogP contribution in [0.1, 0.15) is 31.7 Å². The summed E-state index contributed by atoms with van der Waals surface area (Å²) in [5.41, 5.74) is 1.04. The highest BCUT2D eigenvalue weighted by atomic mass is 35.5. The number of ether oxygens (including phenoxy) is 1. The van der Waals surface area contributed by atoms with Gasteiger partial charge in [0.1, 0.15) is 5.75 Å². The first-order valence-corrected chi connectivity index (χ1v) is 6.57. The summed E-state index contributed by atoms with van der Waals surface area (Å²) in [6.45, 7) is 4.20. The molecule has 0 radical (unpaired) electrons. The fourth-order valence-corrected chi connectivity index (χ4v) is 1.93. The van der Waals surface area contributed by atoms with Gasteiger partial charge in [-0.2, -0.15) is 0 Å². The Hall–Kier alpha value is -1.61. The van der Waals surface area contributed by atoms with Gasteiger partial charge in [-0.1, -0.05) is 43.6 Å². The van der Waals surface area contributed by atoms with Crippen LogP contribution in [0, 0.1) is 5.82 Å². The van der Waals surface area contributed by atoms with E-state index in [9.17, 15) is 4.39 Å². The van der Waals surface area contributed by atoms with Crippen LogP contribution < -0.4 is 4.74 Å². The van der Waals surface area contributed by atoms with Crippen LogP contribution in [0.2, 0.25) is 5.02 Å². The number of rotatable bonds is 4. The molecule has 1 unspecified atom stereocenters. The van der Waals surface area contributed by atoms with E-state index in [-0.39, 0.29) is 10.9 Å². The van der Waals surface area contributed by atoms with Gasteiger partial charge in [0.25, 0.3) is 5.88 Å². The van der Waals surface area contributed by atoms with Crippen LogP contribution in [-0.2, 0) is 0 Å². The number of nitrogens with zero attached hydrogens (tertiary/aromatic N) is 1. The van der Waals surface area contributed by atoms with E-state index in [2.05, 4.69) is 18.8 Å². The molecule has 1 atom stereocenters. The van der Waals surface area contributed by atoms with Gasteiger partial charge in [0.05, 0.1) is 5.02 Å². The molecule has 100 valence electrons. The molecule has 0 saturated heterocycles. The predicted molar refractivity (Wildman–Crippen MR) is 74.4 cm³/mol. The Balaban J connectivity index is 2.33. The zero-order chi connectivity index (χ0) is 13.8. The third-order valence-electron chi connectivity index (χ3n) is 3.04. The molecule has 0 aliphatic heterocycles. The van der Waals surface area contributed by atoms with Gasteiger partial charge in [0.2, 0.25) is 0 Å². The highest BCUT2D eigenvalue weighted by Crippen LogP contribution is 2.32. The lowest BCUT2D eigenvalue weighted by atomic mass is 9.98. The summed E-state index contributed by atoms with van der Waals surface area (Å²) in [7, 11) is 0. The average Bonchev–Trinajstić information content (AvgIpc) is 2.41. The third-order valence-corrected chi connectivity index (χ3v) is 3.25. The maximum Gasteiger partial charge on any atom is 0.255 e. The van der Waals surface area contributed by atoms with Gasteiger partial charge in [-0.3, -0.25) is 0 Å². The van der Waals surface area contributed by atoms with Gasteiger partial charge in [0.15, 0.2) is 5.82 Å². The van der Waals surface area contributed by atoms with E-state index >= 15 is 0 Å². The van der Waals surface area contributed by atoms with Gasteiger partial charge in [-0.05, 0) is 30.0 Å². The fraction of sp³-hybridized carbons (Fsp3) is 0.267. The largest absolute Gasteiger partial charge is 0.436 e. The lowest BCUT2D eigenvalue weighted by Crippen LogP contribution is -1.98. The van der Waals surface area contributed by atoms with Crippen molar-refractivity contribution >= 4 is 11.6 Å². The zero-order valence-corrected chi connectivity index (χ0v) is 11.6. The molecule has 0 spiro atoms. The maximum absolute atomic E-state index is 13.7. The molecule has 1 aromatic heterocycles. The number of aromatic nitrogens is 1. The van der Waals surface area contributed by atoms with Crippen molar-refractivity contribution in [3.63, 3.8) is 0 Å². The number of hydrogen-bond donors (Lipinski definition) is 0. The first-order chi connectivity index (χ1) is 9.11. The van der Waals surface area contributed by atoms with Crippen LogP contribution in [0.5, 0.6) is 11.6 Å². The van der Waals surface area contributed by atoms with Crippen molar-refractivity contribution in [2.75, 3.05) is 0 Å². The third kappa shape index (κ3) is 3.24. The van der Waals surface area contributed by atoms with E-state index in [4.69, 9.17) is 16.3 Å². The van der Waals surface area contributed by atoms with Crippen molar-refractivity contribution in [1.82, 2.24) is 4.98 Å². The Morgan fingerprint density at radius 1 is 1.37 bits per heavy atom. The van der Waals surface area contributed by atoms with Gasteiger partial charge in [0, 0.05) is 6.20 Å². The molecule has 0 N–H and O–H groups in total. The van der Waals surface area contributed by atoms with Crippen molar-refractivity contribution in [1.29, 1.82) is 0 Å². The van der Waals surface area contributed by atoms with E-state index in [1.54, 1.807) is 0 Å². The maximum atomic E-state index is 13.7. The molecule has 19 heavy (non-hydrogen) atoms. The minimum absolute atomic E-state index is 0.0554. The van der Waals surface area contributed by atoms with E-state index in [1.165, 1.54) is 12.3 Å². The highest BCUT2D eigenvalue weighted by molar-refractivity contribution is 6.30. The smallest absolute Gasteiger partial charge is 0.255 e. The Kier molecular flexibility index (Phi) is 4.38. The molecule has 4 heteroatoms. The van der Waals surface area contributed by atoms with E-state index in [0.29, 0.717) is 11.7 Å². The molecule has 2 aromatic rings. The Bertz CT molecular complexity index is 574. The van der Waals surface area contributed by atoms with Crippen LogP contribution >= 0.6 is 11.6 Å². The molecule has 1 heterocycles. The lowest BCUT2D eigenvalue weighted by molar-refractivity contribution is 0.415. The van der Waals surface area contributed by atoms with Crippen LogP contribution in [0.25, 0.3) is 0 Å². The van der Waals surface area contributed by atoms with E-state index in [1.807, 2.05) is 24.3 Å². The monoisotopic (exact) mass is 279 g/mol. The summed E-state index contributed by atoms with van der Waals surface area (Å²) in [5.74, 6) is 0.351. The Labute approximate surface area is 117 Å². The topological polar surface area (TPSA) is 22.1 Å². The first kappa shape index (κ1) is 13.8. The van der Waals surface area contributed by atoms with Crippen LogP contribution in [-0.4, -0.2) is 4.98 Å². The van der Waals surface area contributed by atoms with Crippen molar-refractivity contribution in [3.05, 3.63) is 52.9 Å². The van der Waals surface area contributed by atoms with Crippen molar-refractivity contribution < 1.29 is 9.13 Å². The first-order valence-electron chi connectivity index (χ1n) is 6.19. The SMILES string of the molecule is CCC(C)c1ccccc1Oc1ncc(Cl)cc1F. The van der Waals surface area contributed by atoms with Gasteiger partial charge in [-0.15, -0.1) is 0 Å². The number of pyridine rings is 1. The second-order valence-corrected chi connectivity index (χ2v) is 4.83. The number of hydrogen-bond acceptors (Lipinski definition) is 2. The molecule has 0 aliphatic carbocycles. The quantitative estimate of drug-likeness (QED) is 0.769. The summed E-state index contributed by atoms with van der Waals surface area (Å²) < 4.78 is 19.3. The summed E-state index contributed by atoms with van der Waals surface area (Å²) in [6, 6.07) is 8.79. The van der Waals surface area contributed by atoms with Crippen LogP contribution in [0.15, 0.2) is 36.5 Å². The van der Waals surface area contributed by atoms with E-state index in [0.717, 1.165) is 12.0 Å². The molecule has 2 nitrogen and oxygen atoms in total. The summed E-state index contributed by atoms with van der Waals surface area (Å²) in [4.78, 5) is 3.87. The molecule has 2 rings (SSSR count). The van der Waals surface area contributed by atoms with Gasteiger partial charge in [-0.25, -0.2) is 9.37 Å². The number of halogens is 2. The Morgan fingerprint density at radius 2 is 2.11 bits per heavy atom. The molecular weight excluding hydrogens is 265 g/mol. The van der Waals surface area contributed by atoms with Crippen LogP contribution in [0.4, 0.5) is 4.39 Å². The predicted octanol–water partition coefficient (Wildman–Crippen LogP) is 5.18. The highest BCUT2D eigenvalue weighted by Gasteiger charge is 2.13. The van der Waals surface area contributed by atoms with E-state index < -0.39 is 5.82 Å². The zero-order valence-electron chi connectivity index (χ0n) is 10.9. The van der Waals surface area contributed by atoms with Gasteiger partial charge < -0.3 is 4.74 Å². The molecule has 0 aliphatic rings. The molecular formula is C15H15ClFNO. The number of benzene rings is 1. The second kappa shape index (κ2) is 6.02. The molecule has 0 saturated carbocycles. The minimum Gasteiger partial charge on any atom is -0.436 e. The standard InChI is InChI=1S/C15H15ClFNO/c1-3-10(2)12-6-4-5-7-14(12)19-15-13(17)8-11(16)9-18-15/h4-10H,3H2,1-2H3. The summed E-state index contributed by atoms with van der Waals surface area (Å²) in [5, 5.41) is 0.250. The summed E-state index contributed by atoms with van der Waals surface area (Å²) in [6.07, 6.45) is 2.35. The molecule has 1 aromatic carbocycles. The summed E-state index contributed by atoms with van der Waals surface area (Å²) >= 11 is 5.67.